The van der Waals surface area contributed by atoms with Crippen LogP contribution in [0.15, 0.2) is 12.3 Å². The molecule has 0 aromatic carbocycles. The highest BCUT2D eigenvalue weighted by atomic mass is 16.1. The van der Waals surface area contributed by atoms with Crippen LogP contribution >= 0.6 is 0 Å². The summed E-state index contributed by atoms with van der Waals surface area (Å²) in [6.45, 7) is 3.60. The second kappa shape index (κ2) is 4.91. The van der Waals surface area contributed by atoms with Crippen LogP contribution in [0.3, 0.4) is 0 Å². The number of hydrogen-bond acceptors (Lipinski definition) is 5. The molecule has 0 aliphatic heterocycles. The Morgan fingerprint density at radius 3 is 2.50 bits per heavy atom. The van der Waals surface area contributed by atoms with Crippen molar-refractivity contribution in [2.75, 3.05) is 17.6 Å². The number of anilines is 2. The molecule has 1 aromatic rings. The van der Waals surface area contributed by atoms with E-state index in [1.807, 2.05) is 0 Å². The number of nitrogens with two attached hydrogens (primary N) is 3. The first-order chi connectivity index (χ1) is 8.24. The van der Waals surface area contributed by atoms with Crippen molar-refractivity contribution in [1.82, 2.24) is 4.98 Å². The summed E-state index contributed by atoms with van der Waals surface area (Å²) in [4.78, 5) is 26.4. The fourth-order valence-corrected chi connectivity index (χ4v) is 1.20. The van der Waals surface area contributed by atoms with Crippen LogP contribution in [0.2, 0.25) is 0 Å². The first-order valence-electron chi connectivity index (χ1n) is 5.33. The van der Waals surface area contributed by atoms with Crippen molar-refractivity contribution >= 4 is 23.3 Å². The minimum absolute atomic E-state index is 0.176. The molecule has 0 aliphatic rings. The number of nitrogen functional groups attached to an aromatic ring is 1. The van der Waals surface area contributed by atoms with E-state index in [1.54, 1.807) is 13.8 Å². The predicted octanol–water partition coefficient (Wildman–Crippen LogP) is -0.314. The van der Waals surface area contributed by atoms with Gasteiger partial charge in [0.1, 0.15) is 5.82 Å². The predicted molar refractivity (Wildman–Crippen MR) is 68.6 cm³/mol. The van der Waals surface area contributed by atoms with Crippen LogP contribution < -0.4 is 22.5 Å². The van der Waals surface area contributed by atoms with Gasteiger partial charge in [0.15, 0.2) is 0 Å². The van der Waals surface area contributed by atoms with Gasteiger partial charge < -0.3 is 22.5 Å². The quantitative estimate of drug-likeness (QED) is 0.568. The van der Waals surface area contributed by atoms with E-state index in [0.29, 0.717) is 5.69 Å². The van der Waals surface area contributed by atoms with Crippen LogP contribution in [0.25, 0.3) is 0 Å². The number of rotatable bonds is 5. The number of nitrogens with zero attached hydrogens (tertiary/aromatic N) is 1. The summed E-state index contributed by atoms with van der Waals surface area (Å²) in [6.07, 6.45) is 1.39. The second-order valence-electron chi connectivity index (χ2n) is 4.63. The highest BCUT2D eigenvalue weighted by Crippen LogP contribution is 2.19. The van der Waals surface area contributed by atoms with Crippen LogP contribution in [0.1, 0.15) is 24.2 Å². The molecule has 1 rings (SSSR count). The Morgan fingerprint density at radius 2 is 2.00 bits per heavy atom. The van der Waals surface area contributed by atoms with Gasteiger partial charge in [-0.3, -0.25) is 9.59 Å². The van der Waals surface area contributed by atoms with Gasteiger partial charge in [-0.25, -0.2) is 4.98 Å². The van der Waals surface area contributed by atoms with E-state index in [2.05, 4.69) is 10.3 Å². The van der Waals surface area contributed by atoms with Crippen molar-refractivity contribution in [1.29, 1.82) is 0 Å². The molecule has 7 nitrogen and oxygen atoms in total. The molecule has 2 amide bonds. The average Bonchev–Trinajstić information content (AvgIpc) is 2.27. The van der Waals surface area contributed by atoms with Gasteiger partial charge in [-0.2, -0.15) is 0 Å². The van der Waals surface area contributed by atoms with Crippen molar-refractivity contribution in [3.8, 4) is 0 Å². The summed E-state index contributed by atoms with van der Waals surface area (Å²) >= 11 is 0. The maximum absolute atomic E-state index is 11.2. The fraction of sp³-hybridized carbons (Fsp3) is 0.364. The summed E-state index contributed by atoms with van der Waals surface area (Å²) in [6, 6.07) is 1.43. The Kier molecular flexibility index (Phi) is 3.75. The minimum atomic E-state index is -0.766. The Balaban J connectivity index is 2.92. The van der Waals surface area contributed by atoms with Gasteiger partial charge >= 0.3 is 0 Å². The third-order valence-electron chi connectivity index (χ3n) is 2.54. The van der Waals surface area contributed by atoms with Gasteiger partial charge in [0, 0.05) is 6.54 Å². The summed E-state index contributed by atoms with van der Waals surface area (Å²) in [5.74, 6) is -0.814. The summed E-state index contributed by atoms with van der Waals surface area (Å²) in [5, 5.41) is 2.88. The highest BCUT2D eigenvalue weighted by Gasteiger charge is 2.25. The largest absolute Gasteiger partial charge is 0.397 e. The first kappa shape index (κ1) is 13.8. The molecule has 1 aromatic heterocycles. The third kappa shape index (κ3) is 3.09. The van der Waals surface area contributed by atoms with Gasteiger partial charge in [-0.1, -0.05) is 0 Å². The standard InChI is InChI=1S/C11H17N5O2/c1-11(2,10(14)18)5-16-9-7(8(13)17)3-6(12)4-15-9/h3-4H,5,12H2,1-2H3,(H2,13,17)(H2,14,18)(H,15,16). The summed E-state index contributed by atoms with van der Waals surface area (Å²) in [5.41, 5.74) is 15.7. The maximum Gasteiger partial charge on any atom is 0.252 e. The molecule has 0 saturated heterocycles. The Morgan fingerprint density at radius 1 is 1.39 bits per heavy atom. The Hall–Kier alpha value is -2.31. The number of amides is 2. The zero-order valence-electron chi connectivity index (χ0n) is 10.4. The lowest BCUT2D eigenvalue weighted by Crippen LogP contribution is -2.37. The number of carbonyl (C=O) groups is 2. The maximum atomic E-state index is 11.2. The fourth-order valence-electron chi connectivity index (χ4n) is 1.20. The number of hydrogen-bond donors (Lipinski definition) is 4. The smallest absolute Gasteiger partial charge is 0.252 e. The van der Waals surface area contributed by atoms with E-state index in [1.165, 1.54) is 12.3 Å². The molecule has 0 spiro atoms. The lowest BCUT2D eigenvalue weighted by molar-refractivity contribution is -0.125. The van der Waals surface area contributed by atoms with Gasteiger partial charge in [-0.15, -0.1) is 0 Å². The number of aromatic nitrogens is 1. The van der Waals surface area contributed by atoms with E-state index in [9.17, 15) is 9.59 Å². The Bertz CT molecular complexity index is 484. The topological polar surface area (TPSA) is 137 Å². The number of nitrogens with one attached hydrogen (secondary N) is 1. The van der Waals surface area contributed by atoms with Gasteiger partial charge in [0.25, 0.3) is 5.91 Å². The molecule has 0 radical (unpaired) electrons. The van der Waals surface area contributed by atoms with Crippen molar-refractivity contribution in [3.05, 3.63) is 17.8 Å². The molecular formula is C11H17N5O2. The van der Waals surface area contributed by atoms with E-state index >= 15 is 0 Å². The van der Waals surface area contributed by atoms with E-state index in [4.69, 9.17) is 17.2 Å². The molecule has 98 valence electrons. The van der Waals surface area contributed by atoms with Gasteiger partial charge in [0.05, 0.1) is 22.9 Å². The van der Waals surface area contributed by atoms with E-state index in [0.717, 1.165) is 0 Å². The second-order valence-corrected chi connectivity index (χ2v) is 4.63. The van der Waals surface area contributed by atoms with Gasteiger partial charge in [-0.05, 0) is 19.9 Å². The molecule has 0 bridgehead atoms. The molecule has 7 N–H and O–H groups in total. The number of pyridine rings is 1. The van der Waals surface area contributed by atoms with Crippen LogP contribution in [0.5, 0.6) is 0 Å². The van der Waals surface area contributed by atoms with Crippen molar-refractivity contribution < 1.29 is 9.59 Å². The number of carbonyl (C=O) groups excluding carboxylic acids is 2. The van der Waals surface area contributed by atoms with Gasteiger partial charge in [0.2, 0.25) is 5.91 Å². The van der Waals surface area contributed by atoms with Crippen molar-refractivity contribution in [2.24, 2.45) is 16.9 Å². The molecule has 0 aliphatic carbocycles. The average molecular weight is 251 g/mol. The molecule has 1 heterocycles. The molecule has 0 atom stereocenters. The molecule has 0 saturated carbocycles. The monoisotopic (exact) mass is 251 g/mol. The van der Waals surface area contributed by atoms with Crippen LogP contribution in [-0.2, 0) is 4.79 Å². The lowest BCUT2D eigenvalue weighted by Gasteiger charge is -2.21. The minimum Gasteiger partial charge on any atom is -0.397 e. The van der Waals surface area contributed by atoms with Crippen LogP contribution in [0.4, 0.5) is 11.5 Å². The SMILES string of the molecule is CC(C)(CNc1ncc(N)cc1C(N)=O)C(N)=O. The van der Waals surface area contributed by atoms with E-state index < -0.39 is 17.2 Å². The third-order valence-corrected chi connectivity index (χ3v) is 2.54. The molecule has 0 unspecified atom stereocenters. The van der Waals surface area contributed by atoms with Crippen LogP contribution in [-0.4, -0.2) is 23.3 Å². The molecule has 18 heavy (non-hydrogen) atoms. The van der Waals surface area contributed by atoms with Crippen molar-refractivity contribution in [3.63, 3.8) is 0 Å². The lowest BCUT2D eigenvalue weighted by atomic mass is 9.93. The molecule has 0 fully saturated rings. The highest BCUT2D eigenvalue weighted by molar-refractivity contribution is 5.98. The van der Waals surface area contributed by atoms with E-state index in [-0.39, 0.29) is 17.9 Å². The summed E-state index contributed by atoms with van der Waals surface area (Å²) < 4.78 is 0. The molecule has 7 heteroatoms. The van der Waals surface area contributed by atoms with Crippen LogP contribution in [0, 0.1) is 5.41 Å². The molecular weight excluding hydrogens is 234 g/mol. The zero-order chi connectivity index (χ0) is 13.9. The van der Waals surface area contributed by atoms with Crippen molar-refractivity contribution in [2.45, 2.75) is 13.8 Å². The zero-order valence-corrected chi connectivity index (χ0v) is 10.4. The number of primary amides is 2. The Labute approximate surface area is 105 Å². The normalized spacial score (nSPS) is 11.0. The summed E-state index contributed by atoms with van der Waals surface area (Å²) in [7, 11) is 0. The first-order valence-corrected chi connectivity index (χ1v) is 5.33.